The highest BCUT2D eigenvalue weighted by atomic mass is 32.1. The molecule has 0 saturated carbocycles. The summed E-state index contributed by atoms with van der Waals surface area (Å²) in [6, 6.07) is 17.2. The normalized spacial score (nSPS) is 12.2. The van der Waals surface area contributed by atoms with Gasteiger partial charge in [0.1, 0.15) is 0 Å². The smallest absolute Gasteiger partial charge is 0.252 e. The summed E-state index contributed by atoms with van der Waals surface area (Å²) in [7, 11) is 1.88. The molecule has 4 rings (SSSR count). The van der Waals surface area contributed by atoms with E-state index < -0.39 is 0 Å². The highest BCUT2D eigenvalue weighted by Crippen LogP contribution is 2.25. The van der Waals surface area contributed by atoms with Crippen molar-refractivity contribution in [2.45, 2.75) is 13.0 Å². The van der Waals surface area contributed by atoms with Crippen LogP contribution in [-0.4, -0.2) is 20.7 Å². The Kier molecular flexibility index (Phi) is 4.26. The van der Waals surface area contributed by atoms with Gasteiger partial charge in [0.05, 0.1) is 27.0 Å². The molecule has 0 aliphatic rings. The first-order chi connectivity index (χ1) is 12.6. The number of benzene rings is 2. The van der Waals surface area contributed by atoms with E-state index in [0.29, 0.717) is 5.56 Å². The first-order valence-electron chi connectivity index (χ1n) is 8.33. The van der Waals surface area contributed by atoms with Crippen LogP contribution in [-0.2, 0) is 7.05 Å². The second-order valence-corrected chi connectivity index (χ2v) is 7.35. The lowest BCUT2D eigenvalue weighted by molar-refractivity contribution is 0.0942. The zero-order valence-electron chi connectivity index (χ0n) is 14.5. The number of fused-ring (bicyclic) bond motifs is 1. The molecule has 2 aromatic heterocycles. The summed E-state index contributed by atoms with van der Waals surface area (Å²) in [5, 5.41) is 8.39. The Balaban J connectivity index is 1.68. The summed E-state index contributed by atoms with van der Waals surface area (Å²) in [6.07, 6.45) is 1.74. The Hall–Kier alpha value is -2.99. The van der Waals surface area contributed by atoms with E-state index in [-0.39, 0.29) is 11.9 Å². The molecule has 0 unspecified atom stereocenters. The first-order valence-corrected chi connectivity index (χ1v) is 9.14. The van der Waals surface area contributed by atoms with Crippen LogP contribution in [0, 0.1) is 6.92 Å². The summed E-state index contributed by atoms with van der Waals surface area (Å²) in [4.78, 5) is 17.4. The fraction of sp³-hybridized carbons (Fsp3) is 0.150. The van der Waals surface area contributed by atoms with E-state index in [9.17, 15) is 4.79 Å². The van der Waals surface area contributed by atoms with Gasteiger partial charge in [-0.25, -0.2) is 4.98 Å². The summed E-state index contributed by atoms with van der Waals surface area (Å²) in [5.74, 6) is -0.118. The maximum absolute atomic E-state index is 12.9. The van der Waals surface area contributed by atoms with Gasteiger partial charge in [0.2, 0.25) is 0 Å². The summed E-state index contributed by atoms with van der Waals surface area (Å²) >= 11 is 1.59. The molecule has 2 aromatic carbocycles. The van der Waals surface area contributed by atoms with E-state index in [2.05, 4.69) is 15.4 Å². The first kappa shape index (κ1) is 16.5. The van der Waals surface area contributed by atoms with Gasteiger partial charge in [-0.1, -0.05) is 30.3 Å². The third kappa shape index (κ3) is 3.11. The highest BCUT2D eigenvalue weighted by molar-refractivity contribution is 7.18. The lowest BCUT2D eigenvalue weighted by Gasteiger charge is -2.19. The maximum Gasteiger partial charge on any atom is 0.252 e. The van der Waals surface area contributed by atoms with Crippen LogP contribution < -0.4 is 5.32 Å². The topological polar surface area (TPSA) is 59.8 Å². The predicted molar refractivity (Wildman–Crippen MR) is 103 cm³/mol. The molecule has 1 atom stereocenters. The van der Waals surface area contributed by atoms with Crippen molar-refractivity contribution >= 4 is 27.5 Å². The molecule has 0 aliphatic heterocycles. The average Bonchev–Trinajstić information content (AvgIpc) is 3.24. The average molecular weight is 362 g/mol. The molecule has 0 radical (unpaired) electrons. The number of carbonyl (C=O) groups is 1. The van der Waals surface area contributed by atoms with Gasteiger partial charge in [0.15, 0.2) is 0 Å². The number of carbonyl (C=O) groups excluding carboxylic acids is 1. The van der Waals surface area contributed by atoms with E-state index in [1.165, 1.54) is 0 Å². The van der Waals surface area contributed by atoms with Gasteiger partial charge in [-0.15, -0.1) is 11.3 Å². The number of hydrogen-bond acceptors (Lipinski definition) is 4. The molecule has 1 N–H and O–H groups in total. The third-order valence-corrected chi connectivity index (χ3v) is 5.25. The van der Waals surface area contributed by atoms with Crippen LogP contribution >= 0.6 is 11.3 Å². The van der Waals surface area contributed by atoms with Crippen LogP contribution in [0.2, 0.25) is 0 Å². The lowest BCUT2D eigenvalue weighted by atomic mass is 10.0. The molecule has 130 valence electrons. The number of rotatable bonds is 4. The molecule has 26 heavy (non-hydrogen) atoms. The number of aryl methyl sites for hydroxylation is 2. The van der Waals surface area contributed by atoms with Crippen molar-refractivity contribution in [3.05, 3.63) is 82.6 Å². The van der Waals surface area contributed by atoms with Gasteiger partial charge >= 0.3 is 0 Å². The number of hydrogen-bond donors (Lipinski definition) is 1. The van der Waals surface area contributed by atoms with Crippen LogP contribution in [0.15, 0.2) is 60.8 Å². The van der Waals surface area contributed by atoms with Crippen LogP contribution in [0.25, 0.3) is 10.2 Å². The molecule has 6 heteroatoms. The zero-order chi connectivity index (χ0) is 18.1. The van der Waals surface area contributed by atoms with Crippen molar-refractivity contribution in [3.63, 3.8) is 0 Å². The molecule has 0 bridgehead atoms. The minimum Gasteiger partial charge on any atom is -0.340 e. The van der Waals surface area contributed by atoms with Crippen LogP contribution in [0.5, 0.6) is 0 Å². The minimum absolute atomic E-state index is 0.118. The van der Waals surface area contributed by atoms with E-state index in [1.807, 2.05) is 68.6 Å². The van der Waals surface area contributed by atoms with E-state index >= 15 is 0 Å². The second kappa shape index (κ2) is 6.72. The minimum atomic E-state index is -0.268. The molecular weight excluding hydrogens is 344 g/mol. The largest absolute Gasteiger partial charge is 0.340 e. The van der Waals surface area contributed by atoms with Crippen LogP contribution in [0.4, 0.5) is 0 Å². The third-order valence-electron chi connectivity index (χ3n) is 4.32. The lowest BCUT2D eigenvalue weighted by Crippen LogP contribution is -2.30. The van der Waals surface area contributed by atoms with Gasteiger partial charge in [-0.05, 0) is 36.8 Å². The standard InChI is InChI=1S/C20H18N4OS/c1-13-22-16-9-8-15(12-18(16)26-13)20(25)23-19(14-6-4-3-5-7-14)17-10-11-21-24(17)2/h3-12,19H,1-2H3,(H,23,25)/t19-/m0/s1. The van der Waals surface area contributed by atoms with Crippen LogP contribution in [0.3, 0.4) is 0 Å². The Bertz CT molecular complexity index is 1070. The van der Waals surface area contributed by atoms with Gasteiger partial charge in [0.25, 0.3) is 5.91 Å². The fourth-order valence-corrected chi connectivity index (χ4v) is 3.90. The number of amides is 1. The van der Waals surface area contributed by atoms with Gasteiger partial charge in [-0.3, -0.25) is 9.48 Å². The van der Waals surface area contributed by atoms with Gasteiger partial charge < -0.3 is 5.32 Å². The van der Waals surface area contributed by atoms with Crippen molar-refractivity contribution in [3.8, 4) is 0 Å². The number of aromatic nitrogens is 3. The Morgan fingerprint density at radius 3 is 2.69 bits per heavy atom. The van der Waals surface area contributed by atoms with Crippen molar-refractivity contribution in [2.24, 2.45) is 7.05 Å². The quantitative estimate of drug-likeness (QED) is 0.600. The SMILES string of the molecule is Cc1nc2ccc(C(=O)N[C@@H](c3ccccc3)c3ccnn3C)cc2s1. The molecule has 0 saturated heterocycles. The highest BCUT2D eigenvalue weighted by Gasteiger charge is 2.20. The van der Waals surface area contributed by atoms with E-state index in [1.54, 1.807) is 22.2 Å². The van der Waals surface area contributed by atoms with E-state index in [0.717, 1.165) is 26.5 Å². The van der Waals surface area contributed by atoms with Crippen molar-refractivity contribution in [1.82, 2.24) is 20.1 Å². The fourth-order valence-electron chi connectivity index (χ4n) is 3.04. The number of nitrogens with one attached hydrogen (secondary N) is 1. The van der Waals surface area contributed by atoms with Gasteiger partial charge in [-0.2, -0.15) is 5.10 Å². The number of thiazole rings is 1. The molecule has 2 heterocycles. The molecule has 0 fully saturated rings. The summed E-state index contributed by atoms with van der Waals surface area (Å²) in [5.41, 5.74) is 3.50. The van der Waals surface area contributed by atoms with Crippen molar-refractivity contribution in [1.29, 1.82) is 0 Å². The molecule has 0 spiro atoms. The Morgan fingerprint density at radius 2 is 1.96 bits per heavy atom. The van der Waals surface area contributed by atoms with Crippen LogP contribution in [0.1, 0.15) is 32.7 Å². The van der Waals surface area contributed by atoms with Crippen molar-refractivity contribution in [2.75, 3.05) is 0 Å². The molecule has 4 aromatic rings. The summed E-state index contributed by atoms with van der Waals surface area (Å²) < 4.78 is 2.81. The molecule has 0 aliphatic carbocycles. The Morgan fingerprint density at radius 1 is 1.15 bits per heavy atom. The predicted octanol–water partition coefficient (Wildman–Crippen LogP) is 3.86. The van der Waals surface area contributed by atoms with Gasteiger partial charge in [0, 0.05) is 18.8 Å². The monoisotopic (exact) mass is 362 g/mol. The maximum atomic E-state index is 12.9. The second-order valence-electron chi connectivity index (χ2n) is 6.11. The summed E-state index contributed by atoms with van der Waals surface area (Å²) in [6.45, 7) is 1.97. The number of nitrogens with zero attached hydrogens (tertiary/aromatic N) is 3. The Labute approximate surface area is 155 Å². The molecule has 1 amide bonds. The molecule has 5 nitrogen and oxygen atoms in total. The van der Waals surface area contributed by atoms with E-state index in [4.69, 9.17) is 0 Å². The van der Waals surface area contributed by atoms with Crippen molar-refractivity contribution < 1.29 is 4.79 Å². The molecular formula is C20H18N4OS. The zero-order valence-corrected chi connectivity index (χ0v) is 15.3.